The standard InChI is InChI=1S/C44H37N5O7/c1-53-34-24-22-33(23-25-34)44(31-18-10-4-11-19-31,32-20-12-5-13-21-32)54-26-35-37(50)38(56-43(52)30-16-8-3-9-17-30)42(55-35)49-28-47-36-39(45-27-46-40(36)49)48-41(51)29-14-6-2-7-15-29/h2-25,27-28,35,37-38,42,50H,26H2,1H3,(H,45,46,48,51)/t35-,37-,38-,42-/m1/s1. The van der Waals surface area contributed by atoms with Crippen molar-refractivity contribution in [2.45, 2.75) is 30.1 Å². The number of nitrogens with zero attached hydrogens (tertiary/aromatic N) is 4. The van der Waals surface area contributed by atoms with Gasteiger partial charge in [0, 0.05) is 5.56 Å². The number of rotatable bonds is 12. The molecule has 1 aliphatic heterocycles. The molecule has 0 saturated carbocycles. The molecular weight excluding hydrogens is 711 g/mol. The number of aliphatic hydroxyl groups excluding tert-OH is 1. The Balaban J connectivity index is 1.16. The number of fused-ring (bicyclic) bond motifs is 1. The molecule has 1 saturated heterocycles. The highest BCUT2D eigenvalue weighted by atomic mass is 16.6. The summed E-state index contributed by atoms with van der Waals surface area (Å²) >= 11 is 0. The predicted molar refractivity (Wildman–Crippen MR) is 207 cm³/mol. The van der Waals surface area contributed by atoms with Crippen LogP contribution in [0.25, 0.3) is 11.2 Å². The molecule has 280 valence electrons. The van der Waals surface area contributed by atoms with E-state index in [2.05, 4.69) is 20.3 Å². The average Bonchev–Trinajstić information content (AvgIpc) is 3.83. The van der Waals surface area contributed by atoms with Gasteiger partial charge in [0.15, 0.2) is 29.3 Å². The smallest absolute Gasteiger partial charge is 0.338 e. The number of nitrogens with one attached hydrogen (secondary N) is 1. The quantitative estimate of drug-likeness (QED) is 0.104. The normalized spacial score (nSPS) is 18.0. The third-order valence-electron chi connectivity index (χ3n) is 9.79. The van der Waals surface area contributed by atoms with Gasteiger partial charge in [0.2, 0.25) is 0 Å². The van der Waals surface area contributed by atoms with Crippen LogP contribution < -0.4 is 10.1 Å². The number of hydrogen-bond acceptors (Lipinski definition) is 10. The Morgan fingerprint density at radius 2 is 1.32 bits per heavy atom. The lowest BCUT2D eigenvalue weighted by atomic mass is 9.80. The van der Waals surface area contributed by atoms with Crippen molar-refractivity contribution >= 4 is 28.9 Å². The van der Waals surface area contributed by atoms with E-state index < -0.39 is 36.1 Å². The fourth-order valence-electron chi connectivity index (χ4n) is 7.00. The van der Waals surface area contributed by atoms with Crippen molar-refractivity contribution in [2.24, 2.45) is 0 Å². The molecule has 1 aliphatic rings. The van der Waals surface area contributed by atoms with E-state index in [1.807, 2.05) is 91.0 Å². The molecule has 0 spiro atoms. The summed E-state index contributed by atoms with van der Waals surface area (Å²) in [5.74, 6) is -0.171. The van der Waals surface area contributed by atoms with Crippen LogP contribution in [0.15, 0.2) is 158 Å². The van der Waals surface area contributed by atoms with Gasteiger partial charge in [0.1, 0.15) is 29.9 Å². The zero-order chi connectivity index (χ0) is 38.5. The molecule has 0 bridgehead atoms. The second kappa shape index (κ2) is 15.9. The van der Waals surface area contributed by atoms with Crippen molar-refractivity contribution in [3.63, 3.8) is 0 Å². The van der Waals surface area contributed by atoms with Crippen LogP contribution in [-0.2, 0) is 19.8 Å². The Hall–Kier alpha value is -6.73. The first-order valence-electron chi connectivity index (χ1n) is 18.0. The molecule has 0 radical (unpaired) electrons. The zero-order valence-corrected chi connectivity index (χ0v) is 30.2. The molecule has 5 aromatic carbocycles. The molecule has 56 heavy (non-hydrogen) atoms. The van der Waals surface area contributed by atoms with E-state index in [4.69, 9.17) is 18.9 Å². The molecule has 7 aromatic rings. The van der Waals surface area contributed by atoms with Gasteiger partial charge in [-0.25, -0.2) is 19.7 Å². The Morgan fingerprint density at radius 3 is 1.93 bits per heavy atom. The van der Waals surface area contributed by atoms with Crippen molar-refractivity contribution in [2.75, 3.05) is 19.0 Å². The van der Waals surface area contributed by atoms with E-state index in [-0.39, 0.29) is 29.5 Å². The van der Waals surface area contributed by atoms with Crippen molar-refractivity contribution < 1.29 is 33.6 Å². The minimum Gasteiger partial charge on any atom is -0.497 e. The second-order valence-corrected chi connectivity index (χ2v) is 13.1. The minimum atomic E-state index is -1.36. The number of hydrogen-bond donors (Lipinski definition) is 2. The molecule has 0 aliphatic carbocycles. The maximum atomic E-state index is 13.5. The number of ether oxygens (including phenoxy) is 4. The third kappa shape index (κ3) is 7.00. The number of esters is 1. The Kier molecular flexibility index (Phi) is 10.3. The van der Waals surface area contributed by atoms with Gasteiger partial charge in [-0.3, -0.25) is 9.36 Å². The molecule has 3 heterocycles. The average molecular weight is 748 g/mol. The lowest BCUT2D eigenvalue weighted by Gasteiger charge is -2.37. The van der Waals surface area contributed by atoms with Gasteiger partial charge >= 0.3 is 5.97 Å². The van der Waals surface area contributed by atoms with E-state index in [1.165, 1.54) is 12.7 Å². The molecular formula is C44H37N5O7. The topological polar surface area (TPSA) is 147 Å². The molecule has 12 nitrogen and oxygen atoms in total. The Bertz CT molecular complexity index is 2370. The summed E-state index contributed by atoms with van der Waals surface area (Å²) in [6.45, 7) is -0.132. The summed E-state index contributed by atoms with van der Waals surface area (Å²) in [5.41, 5.74) is 2.63. The Morgan fingerprint density at radius 1 is 0.750 bits per heavy atom. The number of benzene rings is 5. The molecule has 0 unspecified atom stereocenters. The summed E-state index contributed by atoms with van der Waals surface area (Å²) in [7, 11) is 1.61. The number of anilines is 1. The van der Waals surface area contributed by atoms with Crippen molar-refractivity contribution in [1.82, 2.24) is 19.5 Å². The minimum absolute atomic E-state index is 0.132. The van der Waals surface area contributed by atoms with Crippen LogP contribution in [0.4, 0.5) is 5.82 Å². The number of aromatic nitrogens is 4. The predicted octanol–water partition coefficient (Wildman–Crippen LogP) is 6.58. The fourth-order valence-corrected chi connectivity index (χ4v) is 7.00. The first-order valence-corrected chi connectivity index (χ1v) is 18.0. The molecule has 1 fully saturated rings. The first kappa shape index (κ1) is 36.3. The summed E-state index contributed by atoms with van der Waals surface area (Å²) in [5, 5.41) is 14.8. The van der Waals surface area contributed by atoms with E-state index in [0.717, 1.165) is 16.7 Å². The van der Waals surface area contributed by atoms with E-state index in [0.29, 0.717) is 16.9 Å². The number of imidazole rings is 1. The number of methoxy groups -OCH3 is 1. The van der Waals surface area contributed by atoms with Crippen LogP contribution >= 0.6 is 0 Å². The van der Waals surface area contributed by atoms with Gasteiger partial charge in [-0.05, 0) is 53.1 Å². The van der Waals surface area contributed by atoms with E-state index in [1.54, 1.807) is 66.3 Å². The van der Waals surface area contributed by atoms with Crippen LogP contribution in [0.3, 0.4) is 0 Å². The highest BCUT2D eigenvalue weighted by molar-refractivity contribution is 6.06. The highest BCUT2D eigenvalue weighted by Crippen LogP contribution is 2.43. The monoisotopic (exact) mass is 747 g/mol. The van der Waals surface area contributed by atoms with Crippen molar-refractivity contribution in [1.29, 1.82) is 0 Å². The summed E-state index contributed by atoms with van der Waals surface area (Å²) in [6.07, 6.45) is -1.94. The summed E-state index contributed by atoms with van der Waals surface area (Å²) < 4.78 is 26.7. The van der Waals surface area contributed by atoms with Crippen LogP contribution in [-0.4, -0.2) is 68.5 Å². The lowest BCUT2D eigenvalue weighted by Crippen LogP contribution is -2.40. The lowest BCUT2D eigenvalue weighted by molar-refractivity contribution is -0.0945. The van der Waals surface area contributed by atoms with Gasteiger partial charge in [0.25, 0.3) is 5.91 Å². The second-order valence-electron chi connectivity index (χ2n) is 13.1. The maximum absolute atomic E-state index is 13.5. The Labute approximate surface area is 322 Å². The highest BCUT2D eigenvalue weighted by Gasteiger charge is 2.50. The van der Waals surface area contributed by atoms with Gasteiger partial charge in [-0.2, -0.15) is 0 Å². The summed E-state index contributed by atoms with van der Waals surface area (Å²) in [6, 6.07) is 44.5. The zero-order valence-electron chi connectivity index (χ0n) is 30.2. The molecule has 2 aromatic heterocycles. The SMILES string of the molecule is COc1ccc(C(OC[C@H]2O[C@@H](n3cnc4c(NC(=O)c5ccccc5)ncnc43)[C@H](OC(=O)c3ccccc3)[C@@H]2O)(c2ccccc2)c2ccccc2)cc1. The number of carbonyl (C=O) groups is 2. The van der Waals surface area contributed by atoms with Gasteiger partial charge < -0.3 is 29.4 Å². The molecule has 1 amide bonds. The number of aliphatic hydroxyl groups is 1. The van der Waals surface area contributed by atoms with Gasteiger partial charge in [-0.1, -0.05) is 109 Å². The van der Waals surface area contributed by atoms with Crippen LogP contribution in [0, 0.1) is 0 Å². The number of carbonyl (C=O) groups excluding carboxylic acids is 2. The largest absolute Gasteiger partial charge is 0.497 e. The van der Waals surface area contributed by atoms with Crippen molar-refractivity contribution in [3.8, 4) is 5.75 Å². The van der Waals surface area contributed by atoms with Crippen molar-refractivity contribution in [3.05, 3.63) is 186 Å². The number of amides is 1. The third-order valence-corrected chi connectivity index (χ3v) is 9.79. The van der Waals surface area contributed by atoms with E-state index in [9.17, 15) is 14.7 Å². The van der Waals surface area contributed by atoms with Crippen LogP contribution in [0.5, 0.6) is 5.75 Å². The maximum Gasteiger partial charge on any atom is 0.338 e. The fraction of sp³-hybridized carbons (Fsp3) is 0.159. The molecule has 8 rings (SSSR count). The molecule has 4 atom stereocenters. The van der Waals surface area contributed by atoms with E-state index >= 15 is 0 Å². The van der Waals surface area contributed by atoms with Crippen LogP contribution in [0.1, 0.15) is 43.6 Å². The van der Waals surface area contributed by atoms with Gasteiger partial charge in [0.05, 0.1) is 25.6 Å². The molecule has 12 heteroatoms. The summed E-state index contributed by atoms with van der Waals surface area (Å²) in [4.78, 5) is 39.9. The first-order chi connectivity index (χ1) is 27.5. The molecule has 2 N–H and O–H groups in total. The van der Waals surface area contributed by atoms with Crippen LogP contribution in [0.2, 0.25) is 0 Å². The van der Waals surface area contributed by atoms with Gasteiger partial charge in [-0.15, -0.1) is 0 Å².